The summed E-state index contributed by atoms with van der Waals surface area (Å²) in [4.78, 5) is 25.2. The molecule has 0 aliphatic heterocycles. The van der Waals surface area contributed by atoms with Gasteiger partial charge in [-0.2, -0.15) is 0 Å². The number of aryl methyl sites for hydroxylation is 2. The third-order valence-corrected chi connectivity index (χ3v) is 5.17. The lowest BCUT2D eigenvalue weighted by Crippen LogP contribution is -2.25. The molecule has 150 valence electrons. The second kappa shape index (κ2) is 7.90. The van der Waals surface area contributed by atoms with Crippen LogP contribution in [0.4, 0.5) is 5.69 Å². The van der Waals surface area contributed by atoms with E-state index in [4.69, 9.17) is 0 Å². The van der Waals surface area contributed by atoms with Gasteiger partial charge in [-0.1, -0.05) is 71.9 Å². The van der Waals surface area contributed by atoms with Crippen LogP contribution in [0.1, 0.15) is 69.4 Å². The van der Waals surface area contributed by atoms with E-state index in [0.717, 1.165) is 27.8 Å². The molecular formula is C25H33NO2. The third-order valence-electron chi connectivity index (χ3n) is 5.17. The first-order chi connectivity index (χ1) is 12.8. The van der Waals surface area contributed by atoms with E-state index in [2.05, 4.69) is 59.0 Å². The van der Waals surface area contributed by atoms with Gasteiger partial charge in [0, 0.05) is 12.1 Å². The molecule has 0 aromatic heterocycles. The summed E-state index contributed by atoms with van der Waals surface area (Å²) < 4.78 is 0. The minimum atomic E-state index is -0.560. The summed E-state index contributed by atoms with van der Waals surface area (Å²) in [5.74, 6) is -0.982. The minimum absolute atomic E-state index is 0.00172. The number of hydrogen-bond acceptors (Lipinski definition) is 2. The molecule has 28 heavy (non-hydrogen) atoms. The fraction of sp³-hybridized carbons (Fsp3) is 0.440. The molecule has 0 saturated heterocycles. The van der Waals surface area contributed by atoms with E-state index in [1.807, 2.05) is 38.1 Å². The number of carbonyl (C=O) groups is 2. The van der Waals surface area contributed by atoms with Crippen molar-refractivity contribution >= 4 is 17.4 Å². The summed E-state index contributed by atoms with van der Waals surface area (Å²) in [5, 5.41) is 2.82. The Balaban J connectivity index is 2.20. The standard InChI is InChI=1S/C25H33NO2/c1-16-9-11-19(24(3,4)5)13-18(16)14-22(27)23(28)26-21-15-20(25(6,7)8)12-10-17(21)2/h9-13,15H,14H2,1-8H3,(H,26,28). The SMILES string of the molecule is Cc1ccc(C(C)(C)C)cc1CC(=O)C(=O)Nc1cc(C(C)(C)C)ccc1C. The number of anilines is 1. The van der Waals surface area contributed by atoms with Crippen LogP contribution in [-0.4, -0.2) is 11.7 Å². The Bertz CT molecular complexity index is 820. The second-order valence-electron chi connectivity index (χ2n) is 9.73. The molecule has 0 atom stereocenters. The van der Waals surface area contributed by atoms with Gasteiger partial charge in [0.15, 0.2) is 0 Å². The molecule has 3 nitrogen and oxygen atoms in total. The Kier molecular flexibility index (Phi) is 6.18. The van der Waals surface area contributed by atoms with Crippen LogP contribution < -0.4 is 5.32 Å². The lowest BCUT2D eigenvalue weighted by Gasteiger charge is -2.21. The van der Waals surface area contributed by atoms with E-state index < -0.39 is 11.7 Å². The Morgan fingerprint density at radius 3 is 1.82 bits per heavy atom. The summed E-state index contributed by atoms with van der Waals surface area (Å²) >= 11 is 0. The van der Waals surface area contributed by atoms with E-state index >= 15 is 0 Å². The van der Waals surface area contributed by atoms with Crippen LogP contribution in [0.25, 0.3) is 0 Å². The van der Waals surface area contributed by atoms with Gasteiger partial charge in [-0.25, -0.2) is 0 Å². The van der Waals surface area contributed by atoms with Crippen LogP contribution in [0.3, 0.4) is 0 Å². The van der Waals surface area contributed by atoms with Crippen LogP contribution in [0.15, 0.2) is 36.4 Å². The minimum Gasteiger partial charge on any atom is -0.319 e. The van der Waals surface area contributed by atoms with Crippen LogP contribution in [0.5, 0.6) is 0 Å². The summed E-state index contributed by atoms with van der Waals surface area (Å²) in [7, 11) is 0. The molecule has 0 saturated carbocycles. The smallest absolute Gasteiger partial charge is 0.292 e. The number of Topliss-reactive ketones (excluding diaryl/α,β-unsaturated/α-hetero) is 1. The van der Waals surface area contributed by atoms with Gasteiger partial charge in [0.25, 0.3) is 5.91 Å². The molecule has 0 unspecified atom stereocenters. The maximum Gasteiger partial charge on any atom is 0.292 e. The highest BCUT2D eigenvalue weighted by Crippen LogP contribution is 2.27. The largest absolute Gasteiger partial charge is 0.319 e. The van der Waals surface area contributed by atoms with E-state index in [1.54, 1.807) is 0 Å². The van der Waals surface area contributed by atoms with E-state index in [0.29, 0.717) is 5.69 Å². The number of benzene rings is 2. The molecule has 2 aromatic carbocycles. The highest BCUT2D eigenvalue weighted by atomic mass is 16.2. The van der Waals surface area contributed by atoms with Gasteiger partial charge in [-0.3, -0.25) is 9.59 Å². The van der Waals surface area contributed by atoms with Gasteiger partial charge in [-0.15, -0.1) is 0 Å². The van der Waals surface area contributed by atoms with Crippen molar-refractivity contribution < 1.29 is 9.59 Å². The van der Waals surface area contributed by atoms with Gasteiger partial charge in [0.1, 0.15) is 0 Å². The molecule has 0 fully saturated rings. The number of ketones is 1. The summed E-state index contributed by atoms with van der Waals surface area (Å²) in [6.07, 6.45) is 0.111. The Morgan fingerprint density at radius 2 is 1.29 bits per heavy atom. The first-order valence-corrected chi connectivity index (χ1v) is 9.84. The molecule has 2 rings (SSSR count). The zero-order valence-electron chi connectivity index (χ0n) is 18.5. The maximum absolute atomic E-state index is 12.6. The van der Waals surface area contributed by atoms with Crippen molar-refractivity contribution in [1.29, 1.82) is 0 Å². The quantitative estimate of drug-likeness (QED) is 0.698. The fourth-order valence-corrected chi connectivity index (χ4v) is 3.00. The molecule has 0 aliphatic carbocycles. The van der Waals surface area contributed by atoms with Gasteiger partial charge >= 0.3 is 0 Å². The van der Waals surface area contributed by atoms with E-state index in [1.165, 1.54) is 0 Å². The van der Waals surface area contributed by atoms with Crippen molar-refractivity contribution in [2.75, 3.05) is 5.32 Å². The predicted molar refractivity (Wildman–Crippen MR) is 117 cm³/mol. The van der Waals surface area contributed by atoms with Crippen molar-refractivity contribution in [2.24, 2.45) is 0 Å². The first kappa shape index (κ1) is 21.9. The van der Waals surface area contributed by atoms with Crippen molar-refractivity contribution in [3.05, 3.63) is 64.2 Å². The number of amides is 1. The maximum atomic E-state index is 12.6. The van der Waals surface area contributed by atoms with Crippen molar-refractivity contribution in [1.82, 2.24) is 0 Å². The van der Waals surface area contributed by atoms with Gasteiger partial charge in [-0.05, 0) is 58.6 Å². The molecule has 0 spiro atoms. The fourth-order valence-electron chi connectivity index (χ4n) is 3.00. The summed E-state index contributed by atoms with van der Waals surface area (Å²) in [5.41, 5.74) is 5.84. The van der Waals surface area contributed by atoms with E-state index in [9.17, 15) is 9.59 Å². The summed E-state index contributed by atoms with van der Waals surface area (Å²) in [6, 6.07) is 12.2. The normalized spacial score (nSPS) is 12.0. The lowest BCUT2D eigenvalue weighted by molar-refractivity contribution is -0.134. The highest BCUT2D eigenvalue weighted by Gasteiger charge is 2.20. The molecule has 0 heterocycles. The average molecular weight is 380 g/mol. The first-order valence-electron chi connectivity index (χ1n) is 9.84. The molecule has 0 bridgehead atoms. The number of hydrogen-bond donors (Lipinski definition) is 1. The number of nitrogens with one attached hydrogen (secondary N) is 1. The lowest BCUT2D eigenvalue weighted by atomic mass is 9.84. The molecule has 3 heteroatoms. The molecule has 1 amide bonds. The number of rotatable bonds is 4. The van der Waals surface area contributed by atoms with Crippen molar-refractivity contribution in [3.8, 4) is 0 Å². The second-order valence-corrected chi connectivity index (χ2v) is 9.73. The van der Waals surface area contributed by atoms with Crippen LogP contribution >= 0.6 is 0 Å². The summed E-state index contributed by atoms with van der Waals surface area (Å²) in [6.45, 7) is 16.7. The van der Waals surface area contributed by atoms with Crippen molar-refractivity contribution in [3.63, 3.8) is 0 Å². The molecule has 1 N–H and O–H groups in total. The monoisotopic (exact) mass is 379 g/mol. The van der Waals surface area contributed by atoms with Crippen molar-refractivity contribution in [2.45, 2.75) is 72.6 Å². The van der Waals surface area contributed by atoms with Crippen LogP contribution in [-0.2, 0) is 26.8 Å². The third kappa shape index (κ3) is 5.31. The zero-order valence-corrected chi connectivity index (χ0v) is 18.5. The van der Waals surface area contributed by atoms with Gasteiger partial charge in [0.2, 0.25) is 5.78 Å². The average Bonchev–Trinajstić information content (AvgIpc) is 2.56. The van der Waals surface area contributed by atoms with Crippen LogP contribution in [0, 0.1) is 13.8 Å². The molecular weight excluding hydrogens is 346 g/mol. The van der Waals surface area contributed by atoms with E-state index in [-0.39, 0.29) is 17.3 Å². The zero-order chi connectivity index (χ0) is 21.3. The topological polar surface area (TPSA) is 46.2 Å². The molecule has 2 aromatic rings. The number of carbonyl (C=O) groups excluding carboxylic acids is 2. The predicted octanol–water partition coefficient (Wildman–Crippen LogP) is 5.65. The Hall–Kier alpha value is -2.42. The Labute approximate surface area is 169 Å². The molecule has 0 aliphatic rings. The Morgan fingerprint density at radius 1 is 0.786 bits per heavy atom. The molecule has 0 radical (unpaired) electrons. The van der Waals surface area contributed by atoms with Gasteiger partial charge < -0.3 is 5.32 Å². The van der Waals surface area contributed by atoms with Gasteiger partial charge in [0.05, 0.1) is 0 Å². The van der Waals surface area contributed by atoms with Crippen LogP contribution in [0.2, 0.25) is 0 Å². The highest BCUT2D eigenvalue weighted by molar-refractivity contribution is 6.41.